The Kier molecular flexibility index (Phi) is 3.06. The molecule has 0 unspecified atom stereocenters. The molecule has 1 fully saturated rings. The molecule has 1 aliphatic rings. The van der Waals surface area contributed by atoms with Crippen LogP contribution in [0.1, 0.15) is 24.0 Å². The number of hydrogen-bond acceptors (Lipinski definition) is 2. The maximum absolute atomic E-state index is 12.5. The van der Waals surface area contributed by atoms with Gasteiger partial charge >= 0.3 is 6.18 Å². The quantitative estimate of drug-likeness (QED) is 0.868. The van der Waals surface area contributed by atoms with Crippen LogP contribution in [0.2, 0.25) is 0 Å². The molecule has 0 atom stereocenters. The predicted octanol–water partition coefficient (Wildman–Crippen LogP) is 1.81. The lowest BCUT2D eigenvalue weighted by atomic mass is 10.1. The molecule has 0 spiro atoms. The van der Waals surface area contributed by atoms with Crippen molar-refractivity contribution in [3.05, 3.63) is 35.4 Å². The van der Waals surface area contributed by atoms with Gasteiger partial charge in [-0.15, -0.1) is 0 Å². The first-order valence-corrected chi connectivity index (χ1v) is 5.55. The summed E-state index contributed by atoms with van der Waals surface area (Å²) in [7, 11) is 0. The van der Waals surface area contributed by atoms with E-state index in [1.54, 1.807) is 0 Å². The number of nitrogens with one attached hydrogen (secondary N) is 1. The third-order valence-corrected chi connectivity index (χ3v) is 2.95. The molecule has 18 heavy (non-hydrogen) atoms. The van der Waals surface area contributed by atoms with Crippen molar-refractivity contribution in [3.8, 4) is 0 Å². The lowest BCUT2D eigenvalue weighted by molar-refractivity contribution is -0.137. The molecule has 2 rings (SSSR count). The van der Waals surface area contributed by atoms with Gasteiger partial charge in [-0.3, -0.25) is 4.79 Å². The second-order valence-electron chi connectivity index (χ2n) is 4.54. The van der Waals surface area contributed by atoms with Gasteiger partial charge in [0, 0.05) is 6.54 Å². The Bertz CT molecular complexity index is 467. The van der Waals surface area contributed by atoms with E-state index in [1.807, 2.05) is 0 Å². The normalized spacial score (nSPS) is 17.3. The fraction of sp³-hybridized carbons (Fsp3) is 0.417. The van der Waals surface area contributed by atoms with Crippen LogP contribution in [0.15, 0.2) is 24.3 Å². The van der Waals surface area contributed by atoms with Crippen molar-refractivity contribution in [1.29, 1.82) is 0 Å². The highest BCUT2D eigenvalue weighted by atomic mass is 19.4. The van der Waals surface area contributed by atoms with Crippen molar-refractivity contribution < 1.29 is 18.0 Å². The van der Waals surface area contributed by atoms with Gasteiger partial charge < -0.3 is 11.1 Å². The van der Waals surface area contributed by atoms with Crippen LogP contribution in [0.5, 0.6) is 0 Å². The number of carbonyl (C=O) groups is 1. The first kappa shape index (κ1) is 12.9. The fourth-order valence-corrected chi connectivity index (χ4v) is 1.58. The number of amides is 1. The van der Waals surface area contributed by atoms with Crippen LogP contribution in [-0.2, 0) is 17.5 Å². The van der Waals surface area contributed by atoms with E-state index in [4.69, 9.17) is 5.73 Å². The lowest BCUT2D eigenvalue weighted by Crippen LogP contribution is -2.42. The smallest absolute Gasteiger partial charge is 0.350 e. The molecule has 1 aliphatic carbocycles. The fourth-order valence-electron chi connectivity index (χ4n) is 1.58. The van der Waals surface area contributed by atoms with E-state index in [0.29, 0.717) is 18.4 Å². The van der Waals surface area contributed by atoms with E-state index in [1.165, 1.54) is 12.1 Å². The summed E-state index contributed by atoms with van der Waals surface area (Å²) in [6.45, 7) is 0.0572. The van der Waals surface area contributed by atoms with Crippen LogP contribution < -0.4 is 11.1 Å². The molecule has 0 aliphatic heterocycles. The number of alkyl halides is 3. The largest absolute Gasteiger partial charge is 0.416 e. The monoisotopic (exact) mass is 258 g/mol. The zero-order valence-corrected chi connectivity index (χ0v) is 9.55. The Labute approximate surface area is 102 Å². The molecule has 1 amide bonds. The van der Waals surface area contributed by atoms with E-state index in [-0.39, 0.29) is 12.5 Å². The molecule has 3 nitrogen and oxygen atoms in total. The summed E-state index contributed by atoms with van der Waals surface area (Å²) >= 11 is 0. The van der Waals surface area contributed by atoms with Crippen LogP contribution in [0, 0.1) is 0 Å². The topological polar surface area (TPSA) is 55.1 Å². The highest BCUT2D eigenvalue weighted by Gasteiger charge is 2.45. The van der Waals surface area contributed by atoms with Crippen molar-refractivity contribution in [3.63, 3.8) is 0 Å². The summed E-state index contributed by atoms with van der Waals surface area (Å²) in [6.07, 6.45) is -3.12. The maximum Gasteiger partial charge on any atom is 0.416 e. The lowest BCUT2D eigenvalue weighted by Gasteiger charge is -2.11. The van der Waals surface area contributed by atoms with Gasteiger partial charge in [0.2, 0.25) is 5.91 Å². The van der Waals surface area contributed by atoms with E-state index >= 15 is 0 Å². The average Bonchev–Trinajstić information content (AvgIpc) is 3.05. The van der Waals surface area contributed by atoms with E-state index in [0.717, 1.165) is 12.1 Å². The third-order valence-electron chi connectivity index (χ3n) is 2.95. The minimum atomic E-state index is -4.37. The number of nitrogens with two attached hydrogens (primary N) is 1. The first-order valence-electron chi connectivity index (χ1n) is 5.55. The van der Waals surface area contributed by atoms with Gasteiger partial charge in [0.15, 0.2) is 0 Å². The van der Waals surface area contributed by atoms with E-state index in [2.05, 4.69) is 5.32 Å². The standard InChI is InChI=1S/C12H13F3N2O/c13-12(14,15)9-3-1-2-8(6-9)7-17-10(18)11(16)4-5-11/h1-3,6H,4-5,7,16H2,(H,17,18). The Hall–Kier alpha value is -1.56. The zero-order valence-electron chi connectivity index (χ0n) is 9.55. The van der Waals surface area contributed by atoms with Gasteiger partial charge in [-0.1, -0.05) is 12.1 Å². The molecule has 0 bridgehead atoms. The average molecular weight is 258 g/mol. The summed E-state index contributed by atoms with van der Waals surface area (Å²) in [5.41, 5.74) is 4.54. The van der Waals surface area contributed by atoms with Gasteiger partial charge in [-0.2, -0.15) is 13.2 Å². The molecular weight excluding hydrogens is 245 g/mol. The molecule has 0 heterocycles. The van der Waals surface area contributed by atoms with Crippen LogP contribution in [0.3, 0.4) is 0 Å². The van der Waals surface area contributed by atoms with Crippen molar-refractivity contribution >= 4 is 5.91 Å². The molecule has 6 heteroatoms. The van der Waals surface area contributed by atoms with Crippen LogP contribution in [0.4, 0.5) is 13.2 Å². The van der Waals surface area contributed by atoms with Crippen molar-refractivity contribution in [2.45, 2.75) is 31.1 Å². The van der Waals surface area contributed by atoms with E-state index in [9.17, 15) is 18.0 Å². The molecule has 0 radical (unpaired) electrons. The Balaban J connectivity index is 1.99. The number of rotatable bonds is 3. The number of benzene rings is 1. The van der Waals surface area contributed by atoms with Crippen LogP contribution in [0.25, 0.3) is 0 Å². The number of carbonyl (C=O) groups excluding carboxylic acids is 1. The Morgan fingerprint density at radius 3 is 2.61 bits per heavy atom. The maximum atomic E-state index is 12.5. The van der Waals surface area contributed by atoms with Gasteiger partial charge in [0.1, 0.15) is 0 Å². The van der Waals surface area contributed by atoms with Crippen LogP contribution in [-0.4, -0.2) is 11.4 Å². The summed E-state index contributed by atoms with van der Waals surface area (Å²) in [5, 5.41) is 2.55. The second-order valence-corrected chi connectivity index (χ2v) is 4.54. The molecule has 0 aromatic heterocycles. The minimum Gasteiger partial charge on any atom is -0.350 e. The summed E-state index contributed by atoms with van der Waals surface area (Å²) in [5.74, 6) is -0.306. The molecule has 1 aromatic carbocycles. The Morgan fingerprint density at radius 2 is 2.06 bits per heavy atom. The highest BCUT2D eigenvalue weighted by Crippen LogP contribution is 2.32. The summed E-state index contributed by atoms with van der Waals surface area (Å²) in [4.78, 5) is 11.5. The van der Waals surface area contributed by atoms with Crippen molar-refractivity contribution in [2.24, 2.45) is 5.73 Å². The first-order chi connectivity index (χ1) is 8.31. The molecule has 0 saturated heterocycles. The van der Waals surface area contributed by atoms with Gasteiger partial charge in [0.05, 0.1) is 11.1 Å². The van der Waals surface area contributed by atoms with E-state index < -0.39 is 17.3 Å². The number of hydrogen-bond donors (Lipinski definition) is 2. The molecule has 98 valence electrons. The van der Waals surface area contributed by atoms with Crippen molar-refractivity contribution in [2.75, 3.05) is 0 Å². The summed E-state index contributed by atoms with van der Waals surface area (Å²) in [6, 6.07) is 4.87. The molecule has 1 aromatic rings. The predicted molar refractivity (Wildman–Crippen MR) is 59.4 cm³/mol. The molecule has 3 N–H and O–H groups in total. The van der Waals surface area contributed by atoms with Gasteiger partial charge in [0.25, 0.3) is 0 Å². The zero-order chi connectivity index (χ0) is 13.4. The molecule has 1 saturated carbocycles. The second kappa shape index (κ2) is 4.28. The van der Waals surface area contributed by atoms with Crippen molar-refractivity contribution in [1.82, 2.24) is 5.32 Å². The Morgan fingerprint density at radius 1 is 1.39 bits per heavy atom. The minimum absolute atomic E-state index is 0.0572. The summed E-state index contributed by atoms with van der Waals surface area (Å²) < 4.78 is 37.4. The number of halogens is 3. The highest BCUT2D eigenvalue weighted by molar-refractivity contribution is 5.88. The van der Waals surface area contributed by atoms with Crippen LogP contribution >= 0.6 is 0 Å². The van der Waals surface area contributed by atoms with Gasteiger partial charge in [-0.05, 0) is 30.5 Å². The third kappa shape index (κ3) is 2.81. The SMILES string of the molecule is NC1(C(=O)NCc2cccc(C(F)(F)F)c2)CC1. The molecular formula is C12H13F3N2O. The van der Waals surface area contributed by atoms with Gasteiger partial charge in [-0.25, -0.2) is 0 Å².